The molecule has 0 fully saturated rings. The maximum Gasteiger partial charge on any atom is -0.00199 e. The molecule has 0 bridgehead atoms. The zero-order chi connectivity index (χ0) is 37.1. The summed E-state index contributed by atoms with van der Waals surface area (Å²) in [4.78, 5) is 0. The molecule has 0 saturated carbocycles. The molecule has 0 aliphatic carbocycles. The van der Waals surface area contributed by atoms with Crippen LogP contribution in [-0.2, 0) is 0 Å². The first-order chi connectivity index (χ1) is 27.2. The van der Waals surface area contributed by atoms with Crippen LogP contribution in [-0.4, -0.2) is 5.48 Å². The molecule has 0 aliphatic rings. The van der Waals surface area contributed by atoms with Crippen LogP contribution in [0.4, 0.5) is 0 Å². The van der Waals surface area contributed by atoms with Crippen molar-refractivity contribution in [1.29, 1.82) is 0 Å². The second-order valence-electron chi connectivity index (χ2n) is 13.8. The van der Waals surface area contributed by atoms with Crippen molar-refractivity contribution in [2.24, 2.45) is 0 Å². The lowest BCUT2D eigenvalue weighted by atomic mass is 9.83. The quantitative estimate of drug-likeness (QED) is 0.0803. The molecule has 0 heterocycles. The Balaban J connectivity index is 0.00000441. The number of allylic oxidation sites excluding steroid dienone is 4. The van der Waals surface area contributed by atoms with Crippen molar-refractivity contribution in [2.45, 2.75) is 0 Å². The van der Waals surface area contributed by atoms with Gasteiger partial charge in [-0.25, -0.2) is 0 Å². The van der Waals surface area contributed by atoms with Crippen LogP contribution < -0.4 is 10.6 Å². The number of benzene rings is 9. The van der Waals surface area contributed by atoms with Crippen molar-refractivity contribution in [1.82, 2.24) is 0 Å². The summed E-state index contributed by atoms with van der Waals surface area (Å²) in [7, 11) is -0.778. The highest BCUT2D eigenvalue weighted by Gasteiger charge is 2.20. The molecule has 268 valence electrons. The third kappa shape index (κ3) is 6.69. The second kappa shape index (κ2) is 16.0. The zero-order valence-electron chi connectivity index (χ0n) is 31.1. The highest BCUT2D eigenvalue weighted by Crippen LogP contribution is 2.47. The van der Waals surface area contributed by atoms with Gasteiger partial charge >= 0.3 is 0 Å². The van der Waals surface area contributed by atoms with E-state index in [-0.39, 0.29) is 5.48 Å². The summed E-state index contributed by atoms with van der Waals surface area (Å²) in [5, 5.41) is 11.2. The van der Waals surface area contributed by atoms with Crippen LogP contribution in [0.2, 0.25) is 0 Å². The maximum atomic E-state index is 4.17. The number of hydrogen-bond acceptors (Lipinski definition) is 0. The molecule has 9 rings (SSSR count). The smallest absolute Gasteiger partial charge is 0.00199 e. The van der Waals surface area contributed by atoms with Crippen LogP contribution in [0.25, 0.3) is 76.8 Å². The second-order valence-corrected chi connectivity index (χ2v) is 16.0. The van der Waals surface area contributed by atoms with Gasteiger partial charge < -0.3 is 5.48 Å². The molecule has 0 aliphatic heterocycles. The molecule has 1 atom stereocenters. The van der Waals surface area contributed by atoms with E-state index in [9.17, 15) is 0 Å². The lowest BCUT2D eigenvalue weighted by Crippen LogP contribution is -2.12. The van der Waals surface area contributed by atoms with Crippen LogP contribution in [0.5, 0.6) is 0 Å². The lowest BCUT2D eigenvalue weighted by molar-refractivity contribution is 0.824. The third-order valence-corrected chi connectivity index (χ3v) is 13.1. The molecule has 1 unspecified atom stereocenters. The Bertz CT molecular complexity index is 2870. The molecule has 9 aromatic carbocycles. The number of hydrogen-bond donors (Lipinski definition) is 0. The number of rotatable bonds is 9. The van der Waals surface area contributed by atoms with E-state index in [1.54, 1.807) is 0 Å². The third-order valence-electron chi connectivity index (χ3n) is 10.6. The average molecular weight is 737 g/mol. The first-order valence-electron chi connectivity index (χ1n) is 18.7. The molecule has 2 N–H and O–H groups in total. The van der Waals surface area contributed by atoms with Crippen LogP contribution in [0, 0.1) is 0 Å². The molecular formula is C54H41OP. The van der Waals surface area contributed by atoms with Gasteiger partial charge in [0, 0.05) is 0 Å². The van der Waals surface area contributed by atoms with E-state index in [2.05, 4.69) is 213 Å². The molecule has 9 aromatic rings. The van der Waals surface area contributed by atoms with Crippen LogP contribution in [0.3, 0.4) is 0 Å². The number of fused-ring (bicyclic) bond motifs is 3. The summed E-state index contributed by atoms with van der Waals surface area (Å²) >= 11 is 0. The van der Waals surface area contributed by atoms with E-state index < -0.39 is 7.92 Å². The molecule has 0 spiro atoms. The van der Waals surface area contributed by atoms with Gasteiger partial charge in [-0.05, 0) is 107 Å². The molecule has 0 saturated heterocycles. The minimum atomic E-state index is -0.778. The van der Waals surface area contributed by atoms with Gasteiger partial charge in [0.25, 0.3) is 0 Å². The normalized spacial score (nSPS) is 12.0. The van der Waals surface area contributed by atoms with Crippen molar-refractivity contribution < 1.29 is 5.48 Å². The molecule has 0 aromatic heterocycles. The fraction of sp³-hybridized carbons (Fsp3) is 0. The van der Waals surface area contributed by atoms with E-state index in [1.807, 2.05) is 12.2 Å². The Kier molecular flexibility index (Phi) is 10.4. The minimum Gasteiger partial charge on any atom is -0.412 e. The molecule has 2 heteroatoms. The Hall–Kier alpha value is -6.63. The zero-order valence-corrected chi connectivity index (χ0v) is 32.0. The SMILES string of the molecule is C=C/C=C(\C=C)P(c1ccccc1)c1ccc(-c2ccc3c(-c4ccc(-c5ccccc5)cc4)c4ccccc4c(-c4cccc5ccccc45)c3c2)cc1.O. The van der Waals surface area contributed by atoms with Crippen LogP contribution in [0.15, 0.2) is 231 Å². The highest BCUT2D eigenvalue weighted by molar-refractivity contribution is 7.77. The van der Waals surface area contributed by atoms with Gasteiger partial charge in [0.15, 0.2) is 0 Å². The summed E-state index contributed by atoms with van der Waals surface area (Å²) < 4.78 is 0. The molecule has 56 heavy (non-hydrogen) atoms. The van der Waals surface area contributed by atoms with E-state index in [0.717, 1.165) is 0 Å². The highest BCUT2D eigenvalue weighted by atomic mass is 31.1. The van der Waals surface area contributed by atoms with Crippen molar-refractivity contribution in [3.8, 4) is 44.5 Å². The van der Waals surface area contributed by atoms with E-state index in [4.69, 9.17) is 0 Å². The molecule has 0 radical (unpaired) electrons. The predicted octanol–water partition coefficient (Wildman–Crippen LogP) is 13.7. The molecule has 1 nitrogen and oxygen atoms in total. The van der Waals surface area contributed by atoms with Gasteiger partial charge in [0.05, 0.1) is 0 Å². The molecular weight excluding hydrogens is 696 g/mol. The van der Waals surface area contributed by atoms with E-state index in [0.29, 0.717) is 0 Å². The van der Waals surface area contributed by atoms with Crippen molar-refractivity contribution in [3.05, 3.63) is 231 Å². The van der Waals surface area contributed by atoms with Crippen molar-refractivity contribution >= 4 is 50.8 Å². The fourth-order valence-electron chi connectivity index (χ4n) is 8.04. The standard InChI is InChI=1S/C54H39P.H2O/c1-3-16-44(4-2)55(45-21-9-6-10-22-45)46-34-31-40(32-35-46)43-33-36-51-52(37-43)54(48-26-15-20-41-19-11-12-23-47(41)48)50-25-14-13-24-49(50)53(51)42-29-27-39(28-30-42)38-17-7-5-8-18-38;/h3-37H,1-2H2;1H2/b44-16+;. The van der Waals surface area contributed by atoms with Crippen molar-refractivity contribution in [3.63, 3.8) is 0 Å². The van der Waals surface area contributed by atoms with E-state index in [1.165, 1.54) is 92.7 Å². The Morgan fingerprint density at radius 2 is 0.893 bits per heavy atom. The average Bonchev–Trinajstić information content (AvgIpc) is 3.26. The Labute approximate surface area is 330 Å². The van der Waals surface area contributed by atoms with Gasteiger partial charge in [0.2, 0.25) is 0 Å². The van der Waals surface area contributed by atoms with Crippen molar-refractivity contribution in [2.75, 3.05) is 0 Å². The minimum absolute atomic E-state index is 0. The van der Waals surface area contributed by atoms with Gasteiger partial charge in [-0.3, -0.25) is 0 Å². The predicted molar refractivity (Wildman–Crippen MR) is 245 cm³/mol. The first-order valence-corrected chi connectivity index (χ1v) is 20.1. The Morgan fingerprint density at radius 1 is 0.393 bits per heavy atom. The topological polar surface area (TPSA) is 31.5 Å². The summed E-state index contributed by atoms with van der Waals surface area (Å²) in [5.74, 6) is 0. The molecule has 0 amide bonds. The first kappa shape index (κ1) is 36.4. The monoisotopic (exact) mass is 736 g/mol. The van der Waals surface area contributed by atoms with Gasteiger partial charge in [-0.15, -0.1) is 0 Å². The summed E-state index contributed by atoms with van der Waals surface area (Å²) in [6.45, 7) is 8.16. The van der Waals surface area contributed by atoms with Gasteiger partial charge in [-0.2, -0.15) is 0 Å². The fourth-order valence-corrected chi connectivity index (χ4v) is 10.3. The summed E-state index contributed by atoms with van der Waals surface area (Å²) in [5.41, 5.74) is 9.80. The Morgan fingerprint density at radius 3 is 1.59 bits per heavy atom. The van der Waals surface area contributed by atoms with Crippen LogP contribution in [0.1, 0.15) is 0 Å². The summed E-state index contributed by atoms with van der Waals surface area (Å²) in [6, 6.07) is 71.1. The lowest BCUT2D eigenvalue weighted by Gasteiger charge is -2.21. The summed E-state index contributed by atoms with van der Waals surface area (Å²) in [6.07, 6.45) is 5.93. The largest absolute Gasteiger partial charge is 0.412 e. The van der Waals surface area contributed by atoms with Gasteiger partial charge in [0.1, 0.15) is 0 Å². The maximum absolute atomic E-state index is 4.17. The van der Waals surface area contributed by atoms with Gasteiger partial charge in [-0.1, -0.05) is 219 Å². The van der Waals surface area contributed by atoms with Crippen LogP contribution >= 0.6 is 7.92 Å². The van der Waals surface area contributed by atoms with E-state index >= 15 is 0 Å².